The lowest BCUT2D eigenvalue weighted by atomic mass is 10.1. The van der Waals surface area contributed by atoms with Crippen LogP contribution in [-0.4, -0.2) is 18.3 Å². The summed E-state index contributed by atoms with van der Waals surface area (Å²) in [5.74, 6) is -0.499. The van der Waals surface area contributed by atoms with Gasteiger partial charge in [0.1, 0.15) is 0 Å². The van der Waals surface area contributed by atoms with E-state index in [-0.39, 0.29) is 11.3 Å². The van der Waals surface area contributed by atoms with Crippen molar-refractivity contribution in [3.63, 3.8) is 0 Å². The summed E-state index contributed by atoms with van der Waals surface area (Å²) >= 11 is 0. The third-order valence-electron chi connectivity index (χ3n) is 3.70. The van der Waals surface area contributed by atoms with Crippen LogP contribution in [0.3, 0.4) is 0 Å². The Morgan fingerprint density at radius 1 is 1.09 bits per heavy atom. The van der Waals surface area contributed by atoms with Gasteiger partial charge in [0.25, 0.3) is 10.0 Å². The maximum atomic E-state index is 12.9. The highest BCUT2D eigenvalue weighted by atomic mass is 32.2. The molecule has 0 bridgehead atoms. The van der Waals surface area contributed by atoms with Gasteiger partial charge in [0.05, 0.1) is 16.8 Å². The van der Waals surface area contributed by atoms with Crippen LogP contribution < -0.4 is 5.73 Å². The molecule has 0 aliphatic heterocycles. The molecule has 0 unspecified atom stereocenters. The molecule has 1 aromatic heterocycles. The van der Waals surface area contributed by atoms with Crippen LogP contribution in [0.1, 0.15) is 11.1 Å². The molecule has 1 heterocycles. The van der Waals surface area contributed by atoms with Crippen molar-refractivity contribution in [1.29, 1.82) is 0 Å². The quantitative estimate of drug-likeness (QED) is 0.797. The Hall–Kier alpha value is -2.60. The standard InChI is InChI=1S/C17H16N2O3S/c1-12-6-8-14(9-7-12)23(21,22)19-11-13(10-17(18)20)15-4-2-3-5-16(15)19/h2-9,11H,10H2,1H3,(H2,18,20). The van der Waals surface area contributed by atoms with Crippen molar-refractivity contribution in [2.45, 2.75) is 18.2 Å². The number of fused-ring (bicyclic) bond motifs is 1. The van der Waals surface area contributed by atoms with Crippen LogP contribution in [0.5, 0.6) is 0 Å². The number of hydrogen-bond donors (Lipinski definition) is 1. The molecule has 0 radical (unpaired) electrons. The fourth-order valence-electron chi connectivity index (χ4n) is 2.57. The Morgan fingerprint density at radius 3 is 2.39 bits per heavy atom. The van der Waals surface area contributed by atoms with Crippen LogP contribution in [0.25, 0.3) is 10.9 Å². The number of nitrogens with two attached hydrogens (primary N) is 1. The minimum Gasteiger partial charge on any atom is -0.369 e. The van der Waals surface area contributed by atoms with Crippen molar-refractivity contribution in [3.05, 3.63) is 65.9 Å². The van der Waals surface area contributed by atoms with Crippen molar-refractivity contribution >= 4 is 26.8 Å². The molecular weight excluding hydrogens is 312 g/mol. The maximum Gasteiger partial charge on any atom is 0.268 e. The number of amides is 1. The minimum atomic E-state index is -3.73. The average Bonchev–Trinajstić information content (AvgIpc) is 2.87. The Kier molecular flexibility index (Phi) is 3.69. The molecule has 23 heavy (non-hydrogen) atoms. The summed E-state index contributed by atoms with van der Waals surface area (Å²) in [6.07, 6.45) is 1.47. The molecule has 118 valence electrons. The van der Waals surface area contributed by atoms with Gasteiger partial charge in [-0.25, -0.2) is 12.4 Å². The van der Waals surface area contributed by atoms with Crippen LogP contribution in [0.4, 0.5) is 0 Å². The van der Waals surface area contributed by atoms with E-state index < -0.39 is 15.9 Å². The first-order valence-electron chi connectivity index (χ1n) is 7.09. The summed E-state index contributed by atoms with van der Waals surface area (Å²) in [5.41, 5.74) is 7.38. The van der Waals surface area contributed by atoms with Gasteiger partial charge in [-0.1, -0.05) is 35.9 Å². The Balaban J connectivity index is 2.23. The number of rotatable bonds is 4. The summed E-state index contributed by atoms with van der Waals surface area (Å²) in [5, 5.41) is 0.710. The van der Waals surface area contributed by atoms with Gasteiger partial charge in [-0.15, -0.1) is 0 Å². The molecular formula is C17H16N2O3S. The highest BCUT2D eigenvalue weighted by Crippen LogP contribution is 2.26. The third-order valence-corrected chi connectivity index (χ3v) is 5.39. The van der Waals surface area contributed by atoms with Gasteiger partial charge < -0.3 is 5.73 Å². The molecule has 6 heteroatoms. The number of aromatic nitrogens is 1. The monoisotopic (exact) mass is 328 g/mol. The van der Waals surface area contributed by atoms with Crippen LogP contribution in [-0.2, 0) is 21.2 Å². The first-order valence-corrected chi connectivity index (χ1v) is 8.53. The van der Waals surface area contributed by atoms with E-state index >= 15 is 0 Å². The number of primary amides is 1. The summed E-state index contributed by atoms with van der Waals surface area (Å²) < 4.78 is 27.0. The number of carbonyl (C=O) groups excluding carboxylic acids is 1. The lowest BCUT2D eigenvalue weighted by Crippen LogP contribution is -2.14. The zero-order valence-corrected chi connectivity index (χ0v) is 13.4. The second-order valence-electron chi connectivity index (χ2n) is 5.43. The number of carbonyl (C=O) groups is 1. The summed E-state index contributed by atoms with van der Waals surface area (Å²) in [6.45, 7) is 1.90. The number of aryl methyl sites for hydroxylation is 1. The fourth-order valence-corrected chi connectivity index (χ4v) is 3.96. The van der Waals surface area contributed by atoms with Gasteiger partial charge in [0, 0.05) is 11.6 Å². The van der Waals surface area contributed by atoms with Crippen LogP contribution in [0, 0.1) is 6.92 Å². The second kappa shape index (κ2) is 5.55. The lowest BCUT2D eigenvalue weighted by molar-refractivity contribution is -0.117. The van der Waals surface area contributed by atoms with E-state index in [1.165, 1.54) is 10.2 Å². The molecule has 1 amide bonds. The highest BCUT2D eigenvalue weighted by Gasteiger charge is 2.21. The van der Waals surface area contributed by atoms with E-state index in [0.29, 0.717) is 16.5 Å². The highest BCUT2D eigenvalue weighted by molar-refractivity contribution is 7.90. The first kappa shape index (κ1) is 15.3. The van der Waals surface area contributed by atoms with Crippen LogP contribution in [0.15, 0.2) is 59.6 Å². The fraction of sp³-hybridized carbons (Fsp3) is 0.118. The van der Waals surface area contributed by atoms with Crippen molar-refractivity contribution in [2.75, 3.05) is 0 Å². The van der Waals surface area contributed by atoms with Crippen LogP contribution >= 0.6 is 0 Å². The number of benzene rings is 2. The van der Waals surface area contributed by atoms with Gasteiger partial charge in [-0.05, 0) is 30.7 Å². The molecule has 0 spiro atoms. The molecule has 0 aliphatic carbocycles. The van der Waals surface area contributed by atoms with Crippen LogP contribution in [0.2, 0.25) is 0 Å². The topological polar surface area (TPSA) is 82.2 Å². The molecule has 0 saturated heterocycles. The van der Waals surface area contributed by atoms with Crippen molar-refractivity contribution in [2.24, 2.45) is 5.73 Å². The normalized spacial score (nSPS) is 11.7. The molecule has 0 atom stereocenters. The molecule has 5 nitrogen and oxygen atoms in total. The zero-order valence-electron chi connectivity index (χ0n) is 12.6. The summed E-state index contributed by atoms with van der Waals surface area (Å²) in [7, 11) is -3.73. The molecule has 0 aliphatic rings. The molecule has 0 fully saturated rings. The number of para-hydroxylation sites is 1. The summed E-state index contributed by atoms with van der Waals surface area (Å²) in [4.78, 5) is 11.4. The Labute approximate surface area is 134 Å². The van der Waals surface area contributed by atoms with Crippen molar-refractivity contribution in [3.8, 4) is 0 Å². The second-order valence-corrected chi connectivity index (χ2v) is 7.24. The molecule has 3 rings (SSSR count). The maximum absolute atomic E-state index is 12.9. The van der Waals surface area contributed by atoms with Crippen molar-refractivity contribution < 1.29 is 13.2 Å². The first-order chi connectivity index (χ1) is 10.9. The third kappa shape index (κ3) is 2.73. The predicted octanol–water partition coefficient (Wildman–Crippen LogP) is 2.21. The minimum absolute atomic E-state index is 0.00304. The van der Waals surface area contributed by atoms with E-state index in [1.54, 1.807) is 48.5 Å². The molecule has 0 saturated carbocycles. The summed E-state index contributed by atoms with van der Waals surface area (Å²) in [6, 6.07) is 13.7. The zero-order chi connectivity index (χ0) is 16.6. The van der Waals surface area contributed by atoms with Crippen molar-refractivity contribution in [1.82, 2.24) is 3.97 Å². The molecule has 2 aromatic carbocycles. The lowest BCUT2D eigenvalue weighted by Gasteiger charge is -2.07. The van der Waals surface area contributed by atoms with E-state index in [2.05, 4.69) is 0 Å². The molecule has 3 aromatic rings. The van der Waals surface area contributed by atoms with E-state index in [0.717, 1.165) is 5.56 Å². The Morgan fingerprint density at radius 2 is 1.74 bits per heavy atom. The largest absolute Gasteiger partial charge is 0.369 e. The molecule has 2 N–H and O–H groups in total. The van der Waals surface area contributed by atoms with E-state index in [4.69, 9.17) is 5.73 Å². The van der Waals surface area contributed by atoms with Gasteiger partial charge in [0.15, 0.2) is 0 Å². The SMILES string of the molecule is Cc1ccc(S(=O)(=O)n2cc(CC(N)=O)c3ccccc32)cc1. The average molecular weight is 328 g/mol. The smallest absolute Gasteiger partial charge is 0.268 e. The van der Waals surface area contributed by atoms with Gasteiger partial charge in [-0.3, -0.25) is 4.79 Å². The van der Waals surface area contributed by atoms with Gasteiger partial charge >= 0.3 is 0 Å². The predicted molar refractivity (Wildman–Crippen MR) is 88.6 cm³/mol. The number of nitrogens with zero attached hydrogens (tertiary/aromatic N) is 1. The Bertz CT molecular complexity index is 986. The van der Waals surface area contributed by atoms with E-state index in [1.807, 2.05) is 6.92 Å². The number of hydrogen-bond acceptors (Lipinski definition) is 3. The van der Waals surface area contributed by atoms with Gasteiger partial charge in [0.2, 0.25) is 5.91 Å². The van der Waals surface area contributed by atoms with E-state index in [9.17, 15) is 13.2 Å². The van der Waals surface area contributed by atoms with Gasteiger partial charge in [-0.2, -0.15) is 0 Å².